The van der Waals surface area contributed by atoms with Crippen molar-refractivity contribution in [3.05, 3.63) is 58.8 Å². The van der Waals surface area contributed by atoms with Crippen molar-refractivity contribution in [1.82, 2.24) is 14.3 Å². The summed E-state index contributed by atoms with van der Waals surface area (Å²) in [6.07, 6.45) is 3.74. The average molecular weight is 348 g/mol. The van der Waals surface area contributed by atoms with Crippen molar-refractivity contribution in [2.75, 3.05) is 6.54 Å². The highest BCUT2D eigenvalue weighted by Crippen LogP contribution is 2.17. The van der Waals surface area contributed by atoms with E-state index in [0.717, 1.165) is 11.3 Å². The predicted octanol–water partition coefficient (Wildman–Crippen LogP) is 3.35. The molecule has 0 fully saturated rings. The van der Waals surface area contributed by atoms with Crippen LogP contribution in [0.25, 0.3) is 5.65 Å². The first kappa shape index (κ1) is 13.9. The fourth-order valence-corrected chi connectivity index (χ4v) is 2.52. The maximum atomic E-state index is 12.4. The summed E-state index contributed by atoms with van der Waals surface area (Å²) >= 11 is 3.21. The van der Waals surface area contributed by atoms with Crippen LogP contribution in [0.5, 0.6) is 0 Å². The molecular weight excluding hydrogens is 334 g/mol. The van der Waals surface area contributed by atoms with Crippen LogP contribution >= 0.6 is 15.9 Å². The summed E-state index contributed by atoms with van der Waals surface area (Å²) in [4.78, 5) is 18.5. The molecular formula is C15H14BrN3O2. The SMILES string of the molecule is CCN(Cc1cnc2ccccn12)C(=O)c1ccc(Br)o1. The van der Waals surface area contributed by atoms with Crippen LogP contribution in [0, 0.1) is 0 Å². The highest BCUT2D eigenvalue weighted by molar-refractivity contribution is 9.10. The minimum absolute atomic E-state index is 0.130. The van der Waals surface area contributed by atoms with Crippen molar-refractivity contribution < 1.29 is 9.21 Å². The lowest BCUT2D eigenvalue weighted by atomic mass is 10.3. The summed E-state index contributed by atoms with van der Waals surface area (Å²) in [5.41, 5.74) is 1.84. The minimum atomic E-state index is -0.130. The van der Waals surface area contributed by atoms with E-state index < -0.39 is 0 Å². The molecule has 0 spiro atoms. The first-order chi connectivity index (χ1) is 10.2. The van der Waals surface area contributed by atoms with Crippen molar-refractivity contribution in [3.63, 3.8) is 0 Å². The molecule has 0 aliphatic rings. The number of furan rings is 1. The minimum Gasteiger partial charge on any atom is -0.444 e. The molecule has 3 heterocycles. The first-order valence-electron chi connectivity index (χ1n) is 6.64. The molecule has 0 aromatic carbocycles. The molecule has 0 bridgehead atoms. The number of pyridine rings is 1. The van der Waals surface area contributed by atoms with Crippen molar-refractivity contribution in [2.45, 2.75) is 13.5 Å². The Kier molecular flexibility index (Phi) is 3.79. The van der Waals surface area contributed by atoms with Gasteiger partial charge < -0.3 is 13.7 Å². The highest BCUT2D eigenvalue weighted by Gasteiger charge is 2.19. The Morgan fingerprint density at radius 1 is 1.38 bits per heavy atom. The van der Waals surface area contributed by atoms with Gasteiger partial charge in [0.25, 0.3) is 5.91 Å². The van der Waals surface area contributed by atoms with Gasteiger partial charge in [0.1, 0.15) is 5.65 Å². The fraction of sp³-hybridized carbons (Fsp3) is 0.200. The molecule has 5 nitrogen and oxygen atoms in total. The molecule has 0 aliphatic heterocycles. The molecule has 3 aromatic heterocycles. The number of carbonyl (C=O) groups excluding carboxylic acids is 1. The third-order valence-electron chi connectivity index (χ3n) is 3.30. The fourth-order valence-electron chi connectivity index (χ4n) is 2.21. The molecule has 0 N–H and O–H groups in total. The Labute approximate surface area is 130 Å². The molecule has 3 aromatic rings. The molecule has 3 rings (SSSR count). The van der Waals surface area contributed by atoms with Gasteiger partial charge in [-0.2, -0.15) is 0 Å². The van der Waals surface area contributed by atoms with Crippen molar-refractivity contribution in [2.24, 2.45) is 0 Å². The van der Waals surface area contributed by atoms with Crippen molar-refractivity contribution in [1.29, 1.82) is 0 Å². The van der Waals surface area contributed by atoms with Gasteiger partial charge in [0, 0.05) is 12.7 Å². The molecule has 0 radical (unpaired) electrons. The number of rotatable bonds is 4. The molecule has 0 saturated carbocycles. The lowest BCUT2D eigenvalue weighted by molar-refractivity contribution is 0.0716. The van der Waals surface area contributed by atoms with Gasteiger partial charge in [-0.05, 0) is 47.1 Å². The van der Waals surface area contributed by atoms with E-state index in [2.05, 4.69) is 20.9 Å². The van der Waals surface area contributed by atoms with E-state index in [9.17, 15) is 4.79 Å². The summed E-state index contributed by atoms with van der Waals surface area (Å²) < 4.78 is 7.87. The molecule has 108 valence electrons. The van der Waals surface area contributed by atoms with Gasteiger partial charge in [0.2, 0.25) is 0 Å². The van der Waals surface area contributed by atoms with Crippen molar-refractivity contribution >= 4 is 27.5 Å². The molecule has 0 unspecified atom stereocenters. The van der Waals surface area contributed by atoms with Gasteiger partial charge in [-0.25, -0.2) is 4.98 Å². The third kappa shape index (κ3) is 2.71. The molecule has 0 aliphatic carbocycles. The van der Waals surface area contributed by atoms with Crippen molar-refractivity contribution in [3.8, 4) is 0 Å². The standard InChI is InChI=1S/C15H14BrN3O2/c1-2-18(15(20)12-6-7-13(16)21-12)10-11-9-17-14-5-3-4-8-19(11)14/h3-9H,2,10H2,1H3. The van der Waals surface area contributed by atoms with Crippen LogP contribution in [-0.4, -0.2) is 26.7 Å². The van der Waals surface area contributed by atoms with E-state index in [4.69, 9.17) is 4.42 Å². The number of hydrogen-bond acceptors (Lipinski definition) is 3. The van der Waals surface area contributed by atoms with E-state index in [1.54, 1.807) is 23.2 Å². The monoisotopic (exact) mass is 347 g/mol. The van der Waals surface area contributed by atoms with E-state index in [-0.39, 0.29) is 5.91 Å². The smallest absolute Gasteiger partial charge is 0.289 e. The second-order valence-corrected chi connectivity index (χ2v) is 5.38. The first-order valence-corrected chi connectivity index (χ1v) is 7.44. The second kappa shape index (κ2) is 5.73. The second-order valence-electron chi connectivity index (χ2n) is 4.60. The maximum absolute atomic E-state index is 12.4. The number of halogens is 1. The Balaban J connectivity index is 1.86. The summed E-state index contributed by atoms with van der Waals surface area (Å²) in [6.45, 7) is 3.02. The topological polar surface area (TPSA) is 50.8 Å². The zero-order valence-electron chi connectivity index (χ0n) is 11.5. The van der Waals surface area contributed by atoms with Crippen LogP contribution in [0.3, 0.4) is 0 Å². The van der Waals surface area contributed by atoms with Crippen LogP contribution in [0.1, 0.15) is 23.2 Å². The number of aromatic nitrogens is 2. The van der Waals surface area contributed by atoms with Gasteiger partial charge in [-0.1, -0.05) is 6.07 Å². The van der Waals surface area contributed by atoms with Gasteiger partial charge in [0.15, 0.2) is 10.4 Å². The highest BCUT2D eigenvalue weighted by atomic mass is 79.9. The number of carbonyl (C=O) groups is 1. The van der Waals surface area contributed by atoms with Crippen LogP contribution in [-0.2, 0) is 6.54 Å². The van der Waals surface area contributed by atoms with E-state index in [0.29, 0.717) is 23.5 Å². The van der Waals surface area contributed by atoms with Crippen LogP contribution in [0.4, 0.5) is 0 Å². The maximum Gasteiger partial charge on any atom is 0.289 e. The lowest BCUT2D eigenvalue weighted by Gasteiger charge is -2.19. The predicted molar refractivity (Wildman–Crippen MR) is 82.0 cm³/mol. The Morgan fingerprint density at radius 3 is 2.95 bits per heavy atom. The number of nitrogens with zero attached hydrogens (tertiary/aromatic N) is 3. The summed E-state index contributed by atoms with van der Waals surface area (Å²) in [6, 6.07) is 9.21. The Bertz CT molecular complexity index is 778. The van der Waals surface area contributed by atoms with Gasteiger partial charge in [-0.3, -0.25) is 4.79 Å². The largest absolute Gasteiger partial charge is 0.444 e. The van der Waals surface area contributed by atoms with Crippen LogP contribution in [0.2, 0.25) is 0 Å². The third-order valence-corrected chi connectivity index (χ3v) is 3.73. The lowest BCUT2D eigenvalue weighted by Crippen LogP contribution is -2.30. The van der Waals surface area contributed by atoms with Crippen LogP contribution < -0.4 is 0 Å². The molecule has 6 heteroatoms. The zero-order chi connectivity index (χ0) is 14.8. The number of amides is 1. The Hall–Kier alpha value is -2.08. The molecule has 1 amide bonds. The van der Waals surface area contributed by atoms with E-state index in [1.807, 2.05) is 35.7 Å². The molecule has 0 atom stereocenters. The Morgan fingerprint density at radius 2 is 2.24 bits per heavy atom. The van der Waals surface area contributed by atoms with E-state index >= 15 is 0 Å². The zero-order valence-corrected chi connectivity index (χ0v) is 13.1. The van der Waals surface area contributed by atoms with Gasteiger partial charge in [-0.15, -0.1) is 0 Å². The quantitative estimate of drug-likeness (QED) is 0.727. The summed E-state index contributed by atoms with van der Waals surface area (Å²) in [5.74, 6) is 0.201. The van der Waals surface area contributed by atoms with Gasteiger partial charge in [0.05, 0.1) is 18.4 Å². The number of imidazole rings is 1. The molecule has 21 heavy (non-hydrogen) atoms. The van der Waals surface area contributed by atoms with E-state index in [1.165, 1.54) is 0 Å². The van der Waals surface area contributed by atoms with Crippen LogP contribution in [0.15, 0.2) is 51.8 Å². The molecule has 0 saturated heterocycles. The number of hydrogen-bond donors (Lipinski definition) is 0. The summed E-state index contributed by atoms with van der Waals surface area (Å²) in [5, 5.41) is 0. The van der Waals surface area contributed by atoms with Gasteiger partial charge >= 0.3 is 0 Å². The normalized spacial score (nSPS) is 11.0. The number of fused-ring (bicyclic) bond motifs is 1. The average Bonchev–Trinajstić information content (AvgIpc) is 3.11. The summed E-state index contributed by atoms with van der Waals surface area (Å²) in [7, 11) is 0.